The molecule has 0 saturated carbocycles. The number of hydrogen-bond acceptors (Lipinski definition) is 7. The Balaban J connectivity index is 2.82. The third-order valence-corrected chi connectivity index (χ3v) is 4.69. The number of carboxylic acids is 2. The number of hydrogen-bond donors (Lipinski definition) is 7. The van der Waals surface area contributed by atoms with Crippen molar-refractivity contribution in [3.05, 3.63) is 18.2 Å². The normalized spacial score (nSPS) is 14.6. The van der Waals surface area contributed by atoms with Gasteiger partial charge in [0.05, 0.1) is 12.4 Å². The van der Waals surface area contributed by atoms with Crippen LogP contribution in [0.2, 0.25) is 0 Å². The molecule has 13 nitrogen and oxygen atoms in total. The van der Waals surface area contributed by atoms with Crippen molar-refractivity contribution >= 4 is 29.7 Å². The first-order valence-corrected chi connectivity index (χ1v) is 10.5. The number of nitrogens with one attached hydrogen (secondary N) is 4. The number of amides is 3. The Bertz CT molecular complexity index is 827. The van der Waals surface area contributed by atoms with Gasteiger partial charge in [0.1, 0.15) is 18.1 Å². The third-order valence-electron chi connectivity index (χ3n) is 4.69. The van der Waals surface area contributed by atoms with Crippen molar-refractivity contribution in [3.63, 3.8) is 0 Å². The molecule has 33 heavy (non-hydrogen) atoms. The molecule has 4 atom stereocenters. The van der Waals surface area contributed by atoms with Crippen molar-refractivity contribution in [2.45, 2.75) is 70.6 Å². The summed E-state index contributed by atoms with van der Waals surface area (Å²) >= 11 is 0. The number of imidazole rings is 1. The molecule has 13 heteroatoms. The van der Waals surface area contributed by atoms with E-state index in [0.717, 1.165) is 0 Å². The summed E-state index contributed by atoms with van der Waals surface area (Å²) in [6.07, 6.45) is 2.35. The van der Waals surface area contributed by atoms with Crippen molar-refractivity contribution in [3.8, 4) is 0 Å². The van der Waals surface area contributed by atoms with Crippen molar-refractivity contribution < 1.29 is 34.2 Å². The lowest BCUT2D eigenvalue weighted by Crippen LogP contribution is -2.56. The summed E-state index contributed by atoms with van der Waals surface area (Å²) in [6, 6.07) is -4.55. The van der Waals surface area contributed by atoms with Gasteiger partial charge in [-0.25, -0.2) is 9.78 Å². The first-order valence-electron chi connectivity index (χ1n) is 10.5. The van der Waals surface area contributed by atoms with Gasteiger partial charge in [-0.2, -0.15) is 0 Å². The molecule has 0 aliphatic rings. The molecule has 1 aromatic rings. The minimum atomic E-state index is -1.34. The fraction of sp³-hybridized carbons (Fsp3) is 0.600. The van der Waals surface area contributed by atoms with Gasteiger partial charge in [-0.05, 0) is 25.7 Å². The Labute approximate surface area is 190 Å². The Morgan fingerprint density at radius 1 is 1.00 bits per heavy atom. The Hall–Kier alpha value is -3.48. The van der Waals surface area contributed by atoms with Crippen LogP contribution >= 0.6 is 0 Å². The van der Waals surface area contributed by atoms with Crippen LogP contribution in [0.3, 0.4) is 0 Å². The van der Waals surface area contributed by atoms with E-state index in [0.29, 0.717) is 12.1 Å². The highest BCUT2D eigenvalue weighted by Crippen LogP contribution is 2.05. The van der Waals surface area contributed by atoms with Gasteiger partial charge < -0.3 is 36.9 Å². The molecule has 0 spiro atoms. The molecular formula is C20H32N6O7. The number of carbonyl (C=O) groups is 5. The predicted molar refractivity (Wildman–Crippen MR) is 116 cm³/mol. The SMILES string of the molecule is CC(C)CC(N)C(=O)NC(C)C(=O)NC(CCC(=O)O)C(=O)NC(Cc1cnc[nH]1)C(=O)O. The number of H-pyrrole nitrogens is 1. The van der Waals surface area contributed by atoms with Crippen LogP contribution < -0.4 is 21.7 Å². The summed E-state index contributed by atoms with van der Waals surface area (Å²) in [5.74, 6) is -4.50. The number of carbonyl (C=O) groups excluding carboxylic acids is 3. The number of nitrogens with two attached hydrogens (primary N) is 1. The zero-order chi connectivity index (χ0) is 25.1. The number of aromatic amines is 1. The quantitative estimate of drug-likeness (QED) is 0.173. The van der Waals surface area contributed by atoms with Gasteiger partial charge in [-0.15, -0.1) is 0 Å². The van der Waals surface area contributed by atoms with Crippen LogP contribution in [-0.2, 0) is 30.4 Å². The maximum atomic E-state index is 12.7. The lowest BCUT2D eigenvalue weighted by molar-refractivity contribution is -0.143. The van der Waals surface area contributed by atoms with E-state index in [9.17, 15) is 29.1 Å². The molecule has 0 aliphatic carbocycles. The second-order valence-corrected chi connectivity index (χ2v) is 8.14. The van der Waals surface area contributed by atoms with Crippen molar-refractivity contribution in [1.29, 1.82) is 0 Å². The number of aromatic nitrogens is 2. The molecular weight excluding hydrogens is 436 g/mol. The van der Waals surface area contributed by atoms with Crippen molar-refractivity contribution in [2.24, 2.45) is 11.7 Å². The molecule has 0 aromatic carbocycles. The number of aliphatic carboxylic acids is 2. The average Bonchev–Trinajstić information content (AvgIpc) is 3.22. The largest absolute Gasteiger partial charge is 0.481 e. The number of carboxylic acid groups (broad SMARTS) is 2. The smallest absolute Gasteiger partial charge is 0.326 e. The first kappa shape index (κ1) is 27.6. The molecule has 3 amide bonds. The second kappa shape index (κ2) is 13.2. The first-order chi connectivity index (χ1) is 15.4. The average molecular weight is 469 g/mol. The highest BCUT2D eigenvalue weighted by molar-refractivity contribution is 5.94. The number of nitrogens with zero attached hydrogens (tertiary/aromatic N) is 1. The molecule has 4 unspecified atom stereocenters. The van der Waals surface area contributed by atoms with Gasteiger partial charge in [0, 0.05) is 24.7 Å². The molecule has 184 valence electrons. The van der Waals surface area contributed by atoms with E-state index in [4.69, 9.17) is 10.8 Å². The van der Waals surface area contributed by atoms with Gasteiger partial charge in [-0.3, -0.25) is 19.2 Å². The van der Waals surface area contributed by atoms with E-state index in [-0.39, 0.29) is 18.8 Å². The number of rotatable bonds is 14. The van der Waals surface area contributed by atoms with Crippen LogP contribution in [0, 0.1) is 5.92 Å². The molecule has 8 N–H and O–H groups in total. The third kappa shape index (κ3) is 10.1. The second-order valence-electron chi connectivity index (χ2n) is 8.14. The van der Waals surface area contributed by atoms with Crippen molar-refractivity contribution in [2.75, 3.05) is 0 Å². The minimum Gasteiger partial charge on any atom is -0.481 e. The summed E-state index contributed by atoms with van der Waals surface area (Å²) in [6.45, 7) is 5.18. The predicted octanol–water partition coefficient (Wildman–Crippen LogP) is -1.25. The van der Waals surface area contributed by atoms with E-state index in [1.165, 1.54) is 19.4 Å². The Morgan fingerprint density at radius 2 is 1.64 bits per heavy atom. The highest BCUT2D eigenvalue weighted by atomic mass is 16.4. The van der Waals surface area contributed by atoms with Crippen LogP contribution in [-0.4, -0.2) is 74.0 Å². The molecule has 1 rings (SSSR count). The van der Waals surface area contributed by atoms with Gasteiger partial charge in [0.15, 0.2) is 0 Å². The zero-order valence-corrected chi connectivity index (χ0v) is 18.8. The summed E-state index contributed by atoms with van der Waals surface area (Å²) < 4.78 is 0. The van der Waals surface area contributed by atoms with E-state index >= 15 is 0 Å². The van der Waals surface area contributed by atoms with E-state index in [2.05, 4.69) is 25.9 Å². The summed E-state index contributed by atoms with van der Waals surface area (Å²) in [5.41, 5.74) is 6.26. The van der Waals surface area contributed by atoms with Gasteiger partial charge in [0.25, 0.3) is 0 Å². The van der Waals surface area contributed by atoms with Crippen LogP contribution in [0.1, 0.15) is 45.7 Å². The minimum absolute atomic E-state index is 0.0964. The van der Waals surface area contributed by atoms with Crippen LogP contribution in [0.25, 0.3) is 0 Å². The summed E-state index contributed by atoms with van der Waals surface area (Å²) in [5, 5.41) is 25.5. The van der Waals surface area contributed by atoms with Gasteiger partial charge in [-0.1, -0.05) is 13.8 Å². The Kier molecular flexibility index (Phi) is 11.0. The van der Waals surface area contributed by atoms with E-state index in [1.54, 1.807) is 0 Å². The maximum absolute atomic E-state index is 12.7. The molecule has 1 heterocycles. The lowest BCUT2D eigenvalue weighted by atomic mass is 10.0. The van der Waals surface area contributed by atoms with Gasteiger partial charge >= 0.3 is 11.9 Å². The fourth-order valence-electron chi connectivity index (χ4n) is 2.92. The lowest BCUT2D eigenvalue weighted by Gasteiger charge is -2.23. The standard InChI is InChI=1S/C20H32N6O7/c1-10(2)6-13(21)18(30)24-11(3)17(29)25-14(4-5-16(27)28)19(31)26-15(20(32)33)7-12-8-22-9-23-12/h8-11,13-15H,4-7,21H2,1-3H3,(H,22,23)(H,24,30)(H,25,29)(H,26,31)(H,27,28)(H,32,33). The Morgan fingerprint density at radius 3 is 2.15 bits per heavy atom. The summed E-state index contributed by atoms with van der Waals surface area (Å²) in [7, 11) is 0. The molecule has 0 saturated heterocycles. The monoisotopic (exact) mass is 468 g/mol. The van der Waals surface area contributed by atoms with Gasteiger partial charge in [0.2, 0.25) is 17.7 Å². The molecule has 0 radical (unpaired) electrons. The topological polar surface area (TPSA) is 217 Å². The highest BCUT2D eigenvalue weighted by Gasteiger charge is 2.29. The molecule has 0 aliphatic heterocycles. The molecule has 0 bridgehead atoms. The summed E-state index contributed by atoms with van der Waals surface area (Å²) in [4.78, 5) is 66.4. The maximum Gasteiger partial charge on any atom is 0.326 e. The van der Waals surface area contributed by atoms with Crippen molar-refractivity contribution in [1.82, 2.24) is 25.9 Å². The van der Waals surface area contributed by atoms with Crippen LogP contribution in [0.4, 0.5) is 0 Å². The molecule has 0 fully saturated rings. The van der Waals surface area contributed by atoms with E-state index < -0.39 is 60.2 Å². The van der Waals surface area contributed by atoms with Crippen LogP contribution in [0.15, 0.2) is 12.5 Å². The molecule has 1 aromatic heterocycles. The van der Waals surface area contributed by atoms with E-state index in [1.807, 2.05) is 13.8 Å². The fourth-order valence-corrected chi connectivity index (χ4v) is 2.92. The zero-order valence-electron chi connectivity index (χ0n) is 18.8. The van der Waals surface area contributed by atoms with Crippen LogP contribution in [0.5, 0.6) is 0 Å².